The predicted molar refractivity (Wildman–Crippen MR) is 109 cm³/mol. The Bertz CT molecular complexity index is 903. The van der Waals surface area contributed by atoms with E-state index in [9.17, 15) is 15.0 Å². The zero-order chi connectivity index (χ0) is 20.6. The van der Waals surface area contributed by atoms with Gasteiger partial charge in [-0.3, -0.25) is 14.4 Å². The van der Waals surface area contributed by atoms with E-state index < -0.39 is 10.8 Å². The van der Waals surface area contributed by atoms with Crippen molar-refractivity contribution >= 4 is 23.2 Å². The molecule has 1 amide bonds. The SMILES string of the molecule is CC(CO)(CO)Cn1cc(CN2CCC3(CC2)C(=O)Nc2ccc(Cl)cc23)nn1. The van der Waals surface area contributed by atoms with Crippen molar-refractivity contribution in [2.45, 2.75) is 38.3 Å². The van der Waals surface area contributed by atoms with Gasteiger partial charge in [0.1, 0.15) is 0 Å². The maximum absolute atomic E-state index is 12.7. The van der Waals surface area contributed by atoms with E-state index in [1.807, 2.05) is 18.3 Å². The number of aromatic nitrogens is 3. The van der Waals surface area contributed by atoms with Gasteiger partial charge in [0.25, 0.3) is 0 Å². The minimum atomic E-state index is -0.632. The summed E-state index contributed by atoms with van der Waals surface area (Å²) < 4.78 is 1.66. The smallest absolute Gasteiger partial charge is 0.235 e. The largest absolute Gasteiger partial charge is 0.396 e. The fourth-order valence-electron chi connectivity index (χ4n) is 4.23. The molecule has 1 fully saturated rings. The van der Waals surface area contributed by atoms with Crippen molar-refractivity contribution in [2.75, 3.05) is 31.6 Å². The Labute approximate surface area is 174 Å². The lowest BCUT2D eigenvalue weighted by Gasteiger charge is -2.37. The maximum atomic E-state index is 12.7. The van der Waals surface area contributed by atoms with Crippen molar-refractivity contribution in [3.05, 3.63) is 40.7 Å². The number of halogens is 1. The molecule has 1 saturated heterocycles. The van der Waals surface area contributed by atoms with Crippen molar-refractivity contribution in [1.29, 1.82) is 0 Å². The van der Waals surface area contributed by atoms with Crippen molar-refractivity contribution in [1.82, 2.24) is 19.9 Å². The highest BCUT2D eigenvalue weighted by Crippen LogP contribution is 2.45. The Balaban J connectivity index is 1.40. The molecule has 2 aliphatic rings. The number of carbonyl (C=O) groups excluding carboxylic acids is 1. The second kappa shape index (κ2) is 7.68. The van der Waals surface area contributed by atoms with Crippen LogP contribution in [0.3, 0.4) is 0 Å². The highest BCUT2D eigenvalue weighted by atomic mass is 35.5. The molecule has 3 N–H and O–H groups in total. The molecule has 0 unspecified atom stereocenters. The molecule has 29 heavy (non-hydrogen) atoms. The first-order valence-electron chi connectivity index (χ1n) is 9.82. The summed E-state index contributed by atoms with van der Waals surface area (Å²) in [5.74, 6) is 0.0626. The molecule has 1 spiro atoms. The number of likely N-dealkylation sites (tertiary alicyclic amines) is 1. The van der Waals surface area contributed by atoms with Gasteiger partial charge in [-0.05, 0) is 49.7 Å². The molecule has 9 heteroatoms. The van der Waals surface area contributed by atoms with E-state index in [0.29, 0.717) is 18.1 Å². The van der Waals surface area contributed by atoms with Crippen LogP contribution >= 0.6 is 11.6 Å². The van der Waals surface area contributed by atoms with Crippen LogP contribution in [0.1, 0.15) is 31.0 Å². The molecular formula is C20H26ClN5O3. The number of aliphatic hydroxyl groups excluding tert-OH is 2. The van der Waals surface area contributed by atoms with Crippen LogP contribution in [0, 0.1) is 5.41 Å². The number of piperidine rings is 1. The molecule has 0 atom stereocenters. The number of hydrogen-bond donors (Lipinski definition) is 3. The van der Waals surface area contributed by atoms with Gasteiger partial charge in [-0.15, -0.1) is 5.10 Å². The second-order valence-corrected chi connectivity index (χ2v) is 8.97. The van der Waals surface area contributed by atoms with Gasteiger partial charge in [0.15, 0.2) is 0 Å². The number of fused-ring (bicyclic) bond motifs is 2. The third-order valence-corrected chi connectivity index (χ3v) is 6.40. The van der Waals surface area contributed by atoms with Gasteiger partial charge in [0.2, 0.25) is 5.91 Å². The summed E-state index contributed by atoms with van der Waals surface area (Å²) in [6.45, 7) is 4.15. The van der Waals surface area contributed by atoms with Crippen LogP contribution in [-0.2, 0) is 23.3 Å². The molecule has 0 bridgehead atoms. The van der Waals surface area contributed by atoms with Crippen LogP contribution in [0.2, 0.25) is 5.02 Å². The summed E-state index contributed by atoms with van der Waals surface area (Å²) in [5.41, 5.74) is 1.57. The number of anilines is 1. The van der Waals surface area contributed by atoms with E-state index in [4.69, 9.17) is 11.6 Å². The Morgan fingerprint density at radius 1 is 1.28 bits per heavy atom. The van der Waals surface area contributed by atoms with E-state index in [1.54, 1.807) is 17.7 Å². The number of nitrogens with one attached hydrogen (secondary N) is 1. The van der Waals surface area contributed by atoms with Crippen LogP contribution in [0.4, 0.5) is 5.69 Å². The lowest BCUT2D eigenvalue weighted by Crippen LogP contribution is -2.46. The van der Waals surface area contributed by atoms with Crippen molar-refractivity contribution in [3.8, 4) is 0 Å². The molecule has 0 aliphatic carbocycles. The Kier molecular flexibility index (Phi) is 5.37. The fraction of sp³-hybridized carbons (Fsp3) is 0.550. The lowest BCUT2D eigenvalue weighted by atomic mass is 9.73. The predicted octanol–water partition coefficient (Wildman–Crippen LogP) is 1.41. The monoisotopic (exact) mass is 419 g/mol. The van der Waals surface area contributed by atoms with E-state index in [1.165, 1.54) is 0 Å². The molecule has 1 aromatic heterocycles. The van der Waals surface area contributed by atoms with Gasteiger partial charge >= 0.3 is 0 Å². The van der Waals surface area contributed by atoms with Crippen molar-refractivity contribution in [3.63, 3.8) is 0 Å². The first kappa shape index (κ1) is 20.3. The maximum Gasteiger partial charge on any atom is 0.235 e. The highest BCUT2D eigenvalue weighted by Gasteiger charge is 2.48. The van der Waals surface area contributed by atoms with Gasteiger partial charge < -0.3 is 15.5 Å². The van der Waals surface area contributed by atoms with Crippen LogP contribution < -0.4 is 5.32 Å². The third kappa shape index (κ3) is 3.77. The highest BCUT2D eigenvalue weighted by molar-refractivity contribution is 6.31. The number of amides is 1. The number of hydrogen-bond acceptors (Lipinski definition) is 6. The molecule has 0 radical (unpaired) electrons. The van der Waals surface area contributed by atoms with E-state index in [-0.39, 0.29) is 19.1 Å². The molecule has 3 heterocycles. The second-order valence-electron chi connectivity index (χ2n) is 8.54. The Morgan fingerprint density at radius 3 is 2.69 bits per heavy atom. The van der Waals surface area contributed by atoms with E-state index in [0.717, 1.165) is 42.9 Å². The topological polar surface area (TPSA) is 104 Å². The third-order valence-electron chi connectivity index (χ3n) is 6.17. The van der Waals surface area contributed by atoms with Crippen LogP contribution in [0.5, 0.6) is 0 Å². The summed E-state index contributed by atoms with van der Waals surface area (Å²) >= 11 is 6.18. The van der Waals surface area contributed by atoms with Gasteiger partial charge in [-0.2, -0.15) is 0 Å². The summed E-state index contributed by atoms with van der Waals surface area (Å²) in [7, 11) is 0. The van der Waals surface area contributed by atoms with E-state index >= 15 is 0 Å². The van der Waals surface area contributed by atoms with Gasteiger partial charge in [-0.1, -0.05) is 23.7 Å². The zero-order valence-corrected chi connectivity index (χ0v) is 17.2. The summed E-state index contributed by atoms with van der Waals surface area (Å²) in [5, 5.41) is 30.9. The molecule has 1 aromatic carbocycles. The summed E-state index contributed by atoms with van der Waals surface area (Å²) in [4.78, 5) is 15.0. The van der Waals surface area contributed by atoms with Crippen molar-refractivity contribution < 1.29 is 15.0 Å². The van der Waals surface area contributed by atoms with Gasteiger partial charge in [0.05, 0.1) is 30.9 Å². The summed E-state index contributed by atoms with van der Waals surface area (Å²) in [6.07, 6.45) is 3.31. The lowest BCUT2D eigenvalue weighted by molar-refractivity contribution is -0.122. The van der Waals surface area contributed by atoms with Gasteiger partial charge in [0, 0.05) is 28.9 Å². The molecule has 2 aromatic rings. The zero-order valence-electron chi connectivity index (χ0n) is 16.4. The molecule has 2 aliphatic heterocycles. The van der Waals surface area contributed by atoms with Crippen LogP contribution in [0.15, 0.2) is 24.4 Å². The minimum Gasteiger partial charge on any atom is -0.396 e. The standard InChI is InChI=1S/C20H26ClN5O3/c1-19(12-27,13-28)11-26-10-15(23-24-26)9-25-6-4-20(5-7-25)16-8-14(21)2-3-17(16)22-18(20)29/h2-3,8,10,27-28H,4-7,9,11-13H2,1H3,(H,22,29). The van der Waals surface area contributed by atoms with E-state index in [2.05, 4.69) is 20.5 Å². The first-order chi connectivity index (χ1) is 13.9. The molecule has 4 rings (SSSR count). The Hall–Kier alpha value is -2.00. The number of rotatable bonds is 6. The van der Waals surface area contributed by atoms with Crippen LogP contribution in [0.25, 0.3) is 0 Å². The average Bonchev–Trinajstić information content (AvgIpc) is 3.26. The summed E-state index contributed by atoms with van der Waals surface area (Å²) in [6, 6.07) is 5.59. The first-order valence-corrected chi connectivity index (χ1v) is 10.2. The molecule has 156 valence electrons. The molecule has 0 saturated carbocycles. The Morgan fingerprint density at radius 2 is 2.00 bits per heavy atom. The molecule has 8 nitrogen and oxygen atoms in total. The number of nitrogens with zero attached hydrogens (tertiary/aromatic N) is 4. The minimum absolute atomic E-state index is 0.0626. The normalized spacial score (nSPS) is 18.8. The average molecular weight is 420 g/mol. The number of carbonyl (C=O) groups is 1. The number of aliphatic hydroxyl groups is 2. The number of benzene rings is 1. The fourth-order valence-corrected chi connectivity index (χ4v) is 4.41. The quantitative estimate of drug-likeness (QED) is 0.654. The van der Waals surface area contributed by atoms with Crippen LogP contribution in [-0.4, -0.2) is 62.3 Å². The van der Waals surface area contributed by atoms with Gasteiger partial charge in [-0.25, -0.2) is 0 Å². The van der Waals surface area contributed by atoms with Crippen molar-refractivity contribution in [2.24, 2.45) is 5.41 Å². The molecular weight excluding hydrogens is 394 g/mol.